The number of benzene rings is 3. The van der Waals surface area contributed by atoms with Crippen LogP contribution in [0.25, 0.3) is 0 Å². The molecule has 0 aliphatic carbocycles. The fourth-order valence-corrected chi connectivity index (χ4v) is 10.3. The van der Waals surface area contributed by atoms with Crippen molar-refractivity contribution < 1.29 is 47.2 Å². The van der Waals surface area contributed by atoms with Crippen molar-refractivity contribution in [3.05, 3.63) is 105 Å². The minimum Gasteiger partial charge on any atom is -0.385 e. The summed E-state index contributed by atoms with van der Waals surface area (Å²) in [6.07, 6.45) is 9.81. The smallest absolute Gasteiger partial charge is 0.216 e. The summed E-state index contributed by atoms with van der Waals surface area (Å²) in [5.41, 5.74) is -1.29. The first kappa shape index (κ1) is 56.9. The van der Waals surface area contributed by atoms with Crippen LogP contribution in [-0.4, -0.2) is 93.2 Å². The molecule has 5 unspecified atom stereocenters. The zero-order valence-corrected chi connectivity index (χ0v) is 41.2. The Morgan fingerprint density at radius 2 is 1.13 bits per heavy atom. The highest BCUT2D eigenvalue weighted by Crippen LogP contribution is 2.42. The largest absolute Gasteiger partial charge is 0.385 e. The number of unbranched alkanes of at least 4 members (excludes halogenated alkanes) is 1. The van der Waals surface area contributed by atoms with E-state index in [-0.39, 0.29) is 47.1 Å². The summed E-state index contributed by atoms with van der Waals surface area (Å²) in [5, 5.41) is 50.0. The van der Waals surface area contributed by atoms with E-state index in [9.17, 15) is 42.5 Å². The molecule has 3 aromatic carbocycles. The first-order chi connectivity index (χ1) is 32.5. The van der Waals surface area contributed by atoms with Crippen LogP contribution in [0.5, 0.6) is 0 Å². The van der Waals surface area contributed by atoms with E-state index in [4.69, 9.17) is 16.3 Å². The lowest BCUT2D eigenvalue weighted by Gasteiger charge is -2.40. The van der Waals surface area contributed by atoms with Crippen molar-refractivity contribution >= 4 is 23.4 Å². The molecule has 11 nitrogen and oxygen atoms in total. The second kappa shape index (κ2) is 28.2. The van der Waals surface area contributed by atoms with Crippen molar-refractivity contribution in [2.24, 2.45) is 17.8 Å². The predicted molar refractivity (Wildman–Crippen MR) is 259 cm³/mol. The van der Waals surface area contributed by atoms with Crippen LogP contribution in [0.2, 0.25) is 5.02 Å². The molecule has 0 saturated carbocycles. The van der Waals surface area contributed by atoms with Gasteiger partial charge in [0.1, 0.15) is 11.6 Å². The maximum absolute atomic E-state index is 14.3. The third-order valence-electron chi connectivity index (χ3n) is 13.8. The number of hydrogen-bond acceptors (Lipinski definition) is 9. The van der Waals surface area contributed by atoms with Gasteiger partial charge in [0.2, 0.25) is 11.8 Å². The molecule has 8 N–H and O–H groups in total. The number of carbonyl (C=O) groups excluding carboxylic acids is 2. The topological polar surface area (TPSA) is 164 Å². The van der Waals surface area contributed by atoms with E-state index in [1.807, 2.05) is 25.1 Å². The Hall–Kier alpha value is -3.67. The zero-order valence-electron chi connectivity index (χ0n) is 40.4. The Kier molecular flexibility index (Phi) is 23.6. The highest BCUT2D eigenvalue weighted by Gasteiger charge is 2.42. The number of rotatable bonds is 19. The van der Waals surface area contributed by atoms with Crippen molar-refractivity contribution in [2.75, 3.05) is 66.1 Å². The van der Waals surface area contributed by atoms with Crippen LogP contribution in [-0.2, 0) is 31.1 Å². The lowest BCUT2D eigenvalue weighted by atomic mass is 9.73. The molecule has 0 aromatic heterocycles. The Morgan fingerprint density at radius 3 is 1.62 bits per heavy atom. The molecule has 6 atom stereocenters. The molecular formula is C52H76ClF4N5O6. The summed E-state index contributed by atoms with van der Waals surface area (Å²) in [7, 11) is 1.72. The number of carbonyl (C=O) groups is 2. The molecule has 3 heterocycles. The van der Waals surface area contributed by atoms with Crippen LogP contribution in [0.1, 0.15) is 120 Å². The maximum atomic E-state index is 14.3. The predicted octanol–water partition coefficient (Wildman–Crippen LogP) is 7.79. The fourth-order valence-electron chi connectivity index (χ4n) is 10.1. The molecule has 3 saturated heterocycles. The van der Waals surface area contributed by atoms with Crippen molar-refractivity contribution in [3.63, 3.8) is 0 Å². The quantitative estimate of drug-likeness (QED) is 0.0443. The number of halogens is 5. The van der Waals surface area contributed by atoms with E-state index in [1.54, 1.807) is 7.11 Å². The number of methoxy groups -OCH3 is 1. The number of piperidine rings is 3. The van der Waals surface area contributed by atoms with E-state index in [0.717, 1.165) is 119 Å². The van der Waals surface area contributed by atoms with E-state index >= 15 is 0 Å². The van der Waals surface area contributed by atoms with Gasteiger partial charge in [0.15, 0.2) is 11.6 Å². The Balaban J connectivity index is 0.000000222. The van der Waals surface area contributed by atoms with Crippen LogP contribution < -0.4 is 26.6 Å². The molecule has 3 fully saturated rings. The average molecular weight is 979 g/mol. The molecule has 0 spiro atoms. The van der Waals surface area contributed by atoms with Crippen molar-refractivity contribution in [1.29, 1.82) is 0 Å². The summed E-state index contributed by atoms with van der Waals surface area (Å²) >= 11 is 6.30. The standard InChI is InChI=1S/C18H28ClNO2.2C17H24F2N2O2/c1-14-16(8-5-9-17(14)19)18(21,10-3-4-12-22-2)15-7-6-11-20-13-15;1-12(22)21-10-4-8-17(23,13-5-3-9-20-11-13)14-6-2-7-15(18)16(14)19;1-12(22)21-7-3-5-17(23,13-4-2-6-20-11-13)14-8-15(18)10-16(19)9-14/h5,8-9,15,20-21H,3-4,6-7,10-13H2,1-2H3;2,6-7,13,20,23H,3-5,8-11H2,1H3,(H,21,22);8-10,13,20,23H,2-7,11H2,1H3,(H,21,22)/t15?,18-;;/m0../s1. The van der Waals surface area contributed by atoms with Crippen LogP contribution in [0.3, 0.4) is 0 Å². The average Bonchev–Trinajstić information content (AvgIpc) is 3.33. The monoisotopic (exact) mass is 978 g/mol. The fraction of sp³-hybridized carbons (Fsp3) is 0.615. The van der Waals surface area contributed by atoms with Crippen LogP contribution in [0.4, 0.5) is 17.6 Å². The van der Waals surface area contributed by atoms with Crippen LogP contribution >= 0.6 is 11.6 Å². The first-order valence-electron chi connectivity index (χ1n) is 24.4. The molecule has 0 radical (unpaired) electrons. The highest BCUT2D eigenvalue weighted by molar-refractivity contribution is 6.31. The maximum Gasteiger partial charge on any atom is 0.216 e. The van der Waals surface area contributed by atoms with Gasteiger partial charge in [-0.05, 0) is 151 Å². The summed E-state index contributed by atoms with van der Waals surface area (Å²) in [6.45, 7) is 11.3. The number of ether oxygens (including phenoxy) is 1. The van der Waals surface area contributed by atoms with Gasteiger partial charge in [-0.15, -0.1) is 0 Å². The summed E-state index contributed by atoms with van der Waals surface area (Å²) < 4.78 is 60.2. The summed E-state index contributed by atoms with van der Waals surface area (Å²) in [6, 6.07) is 13.0. The van der Waals surface area contributed by atoms with Gasteiger partial charge in [0.05, 0.1) is 16.8 Å². The van der Waals surface area contributed by atoms with Gasteiger partial charge in [0.25, 0.3) is 0 Å². The van der Waals surface area contributed by atoms with E-state index in [0.29, 0.717) is 45.4 Å². The molecule has 3 aliphatic heterocycles. The molecule has 380 valence electrons. The second-order valence-electron chi connectivity index (χ2n) is 18.7. The van der Waals surface area contributed by atoms with Crippen molar-refractivity contribution in [3.8, 4) is 0 Å². The SMILES string of the molecule is CC(=O)NCCCC(O)(c1cc(F)cc(F)c1)C1CCCNC1.CC(=O)NCCCC(O)(c1cccc(F)c1F)C1CCCNC1.COCCCC[C@@](O)(c1cccc(Cl)c1C)C1CCCNC1. The molecule has 6 rings (SSSR count). The number of aliphatic hydroxyl groups is 3. The van der Waals surface area contributed by atoms with E-state index in [2.05, 4.69) is 26.6 Å². The molecule has 16 heteroatoms. The van der Waals surface area contributed by atoms with Gasteiger partial charge in [0, 0.05) is 94.7 Å². The first-order valence-corrected chi connectivity index (χ1v) is 24.8. The van der Waals surface area contributed by atoms with E-state index < -0.39 is 40.1 Å². The Labute approximate surface area is 405 Å². The highest BCUT2D eigenvalue weighted by atomic mass is 35.5. The molecule has 3 aromatic rings. The van der Waals surface area contributed by atoms with Crippen LogP contribution in [0.15, 0.2) is 54.6 Å². The summed E-state index contributed by atoms with van der Waals surface area (Å²) in [5.74, 6) is -3.67. The zero-order chi connectivity index (χ0) is 49.7. The third-order valence-corrected chi connectivity index (χ3v) is 14.2. The number of nitrogens with one attached hydrogen (secondary N) is 5. The minimum absolute atomic E-state index is 0.00836. The molecule has 3 aliphatic rings. The molecule has 68 heavy (non-hydrogen) atoms. The van der Waals surface area contributed by atoms with Gasteiger partial charge in [-0.2, -0.15) is 0 Å². The Morgan fingerprint density at radius 1 is 0.676 bits per heavy atom. The van der Waals surface area contributed by atoms with Gasteiger partial charge in [-0.1, -0.05) is 35.9 Å². The molecular weight excluding hydrogens is 902 g/mol. The van der Waals surface area contributed by atoms with Crippen LogP contribution in [0, 0.1) is 47.9 Å². The number of amides is 2. The normalized spacial score (nSPS) is 21.0. The van der Waals surface area contributed by atoms with Gasteiger partial charge in [-0.3, -0.25) is 9.59 Å². The van der Waals surface area contributed by atoms with Gasteiger partial charge >= 0.3 is 0 Å². The molecule has 2 amide bonds. The minimum atomic E-state index is -1.45. The summed E-state index contributed by atoms with van der Waals surface area (Å²) in [4.78, 5) is 21.9. The van der Waals surface area contributed by atoms with Gasteiger partial charge in [-0.25, -0.2) is 17.6 Å². The second-order valence-corrected chi connectivity index (χ2v) is 19.1. The Bertz CT molecular complexity index is 2000. The van der Waals surface area contributed by atoms with Crippen molar-refractivity contribution in [1.82, 2.24) is 26.6 Å². The lowest BCUT2D eigenvalue weighted by molar-refractivity contribution is -0.119. The third kappa shape index (κ3) is 16.5. The van der Waals surface area contributed by atoms with Gasteiger partial charge < -0.3 is 46.6 Å². The van der Waals surface area contributed by atoms with Crippen molar-refractivity contribution in [2.45, 2.75) is 121 Å². The number of hydrogen-bond donors (Lipinski definition) is 8. The lowest BCUT2D eigenvalue weighted by Crippen LogP contribution is -2.45. The van der Waals surface area contributed by atoms with E-state index in [1.165, 1.54) is 38.1 Å². The molecule has 0 bridgehead atoms.